The number of aromatic amines is 1. The van der Waals surface area contributed by atoms with Crippen LogP contribution >= 0.6 is 0 Å². The first-order chi connectivity index (χ1) is 29.1. The Morgan fingerprint density at radius 3 is 2.23 bits per heavy atom. The number of ether oxygens (including phenoxy) is 1. The molecule has 3 aromatic carbocycles. The molecule has 13 nitrogen and oxygen atoms in total. The molecular formula is C47H63N7O6. The number of benzene rings is 3. The maximum Gasteiger partial charge on any atom is 0.311 e. The van der Waals surface area contributed by atoms with Gasteiger partial charge in [-0.15, -0.1) is 0 Å². The van der Waals surface area contributed by atoms with Crippen molar-refractivity contribution < 1.29 is 29.0 Å². The molecule has 13 heteroatoms. The second-order valence-corrected chi connectivity index (χ2v) is 16.1. The zero-order valence-corrected chi connectivity index (χ0v) is 34.7. The van der Waals surface area contributed by atoms with Gasteiger partial charge in [0.2, 0.25) is 11.8 Å². The van der Waals surface area contributed by atoms with E-state index in [0.717, 1.165) is 72.5 Å². The van der Waals surface area contributed by atoms with Gasteiger partial charge in [-0.2, -0.15) is 0 Å². The minimum atomic E-state index is -0.615. The number of nitrogens with zero attached hydrogens (tertiary/aromatic N) is 1. The first kappa shape index (κ1) is 45.4. The Balaban J connectivity index is 1.33. The highest BCUT2D eigenvalue weighted by molar-refractivity contribution is 5.85. The van der Waals surface area contributed by atoms with Crippen LogP contribution in [0.1, 0.15) is 87.3 Å². The fourth-order valence-electron chi connectivity index (χ4n) is 7.91. The zero-order chi connectivity index (χ0) is 42.5. The van der Waals surface area contributed by atoms with E-state index in [0.29, 0.717) is 45.3 Å². The molecule has 1 aromatic heterocycles. The Morgan fingerprint density at radius 2 is 1.45 bits per heavy atom. The lowest BCUT2D eigenvalue weighted by Crippen LogP contribution is -2.45. The number of ketones is 1. The normalized spacial score (nSPS) is 21.3. The van der Waals surface area contributed by atoms with E-state index in [4.69, 9.17) is 16.2 Å². The lowest BCUT2D eigenvalue weighted by atomic mass is 9.89. The van der Waals surface area contributed by atoms with Crippen LogP contribution in [0.25, 0.3) is 10.9 Å². The van der Waals surface area contributed by atoms with Crippen LogP contribution in [-0.4, -0.2) is 77.9 Å². The minimum Gasteiger partial charge on any atom is -0.508 e. The molecule has 4 aromatic rings. The fourth-order valence-corrected chi connectivity index (χ4v) is 7.91. The number of fused-ring (bicyclic) bond motifs is 1. The summed E-state index contributed by atoms with van der Waals surface area (Å²) in [4.78, 5) is 62.3. The van der Waals surface area contributed by atoms with E-state index >= 15 is 0 Å². The molecule has 2 heterocycles. The third kappa shape index (κ3) is 15.8. The number of aromatic hydroxyl groups is 1. The van der Waals surface area contributed by atoms with Gasteiger partial charge in [-0.1, -0.05) is 92.8 Å². The standard InChI is InChI=1S/C47H63N7O6/c48-47(49)50-23-12-16-38-28-44(57)53-31-37(27-36-30-52-42-18-10-9-17-41(36)42)46(59)60-24-11-4-2-1-3-8-15-35(25-34-19-21-40(55)22-20-34)43(56)32-51-39(29-45(58)54-38)26-33-13-6-5-7-14-33/h5-7,9-10,13-14,17-22,30,35,37-39,51-52,55H,1-4,8,11-12,15-16,23-29,31-32H2,(H,53,57)(H,54,58)(H4,48,49,50). The molecule has 60 heavy (non-hydrogen) atoms. The summed E-state index contributed by atoms with van der Waals surface area (Å²) in [5.41, 5.74) is 15.0. The summed E-state index contributed by atoms with van der Waals surface area (Å²) in [6, 6.07) is 23.8. The SMILES string of the molecule is NC(N)=NCCCC1CC(=O)NCC(Cc2c[nH]c3ccccc23)C(=O)OCCCCCCCCC(Cc2ccc(O)cc2)C(=O)CNC(Cc2ccccc2)CC(=O)N1. The molecule has 1 fully saturated rings. The summed E-state index contributed by atoms with van der Waals surface area (Å²) in [6.45, 7) is 0.815. The number of guanidine groups is 1. The Morgan fingerprint density at radius 1 is 0.750 bits per heavy atom. The summed E-state index contributed by atoms with van der Waals surface area (Å²) in [7, 11) is 0. The van der Waals surface area contributed by atoms with Crippen LogP contribution in [0.3, 0.4) is 0 Å². The van der Waals surface area contributed by atoms with Crippen LogP contribution in [0.2, 0.25) is 0 Å². The summed E-state index contributed by atoms with van der Waals surface area (Å²) >= 11 is 0. The number of aromatic nitrogens is 1. The van der Waals surface area contributed by atoms with Crippen molar-refractivity contribution in [1.29, 1.82) is 0 Å². The highest BCUT2D eigenvalue weighted by atomic mass is 16.5. The van der Waals surface area contributed by atoms with E-state index in [2.05, 4.69) is 25.9 Å². The van der Waals surface area contributed by atoms with Crippen molar-refractivity contribution in [3.63, 3.8) is 0 Å². The Kier molecular flexibility index (Phi) is 18.5. The average Bonchev–Trinajstić information content (AvgIpc) is 3.64. The number of amides is 2. The number of para-hydroxylation sites is 1. The van der Waals surface area contributed by atoms with Crippen LogP contribution in [0.15, 0.2) is 90.1 Å². The number of carbonyl (C=O) groups excluding carboxylic acids is 4. The summed E-state index contributed by atoms with van der Waals surface area (Å²) < 4.78 is 5.80. The first-order valence-corrected chi connectivity index (χ1v) is 21.5. The van der Waals surface area contributed by atoms with Crippen molar-refractivity contribution >= 4 is 40.4 Å². The number of aliphatic imine (C=N–C) groups is 1. The second-order valence-electron chi connectivity index (χ2n) is 16.1. The lowest BCUT2D eigenvalue weighted by Gasteiger charge is -2.24. The van der Waals surface area contributed by atoms with E-state index in [1.54, 1.807) is 12.1 Å². The number of nitrogens with two attached hydrogens (primary N) is 2. The number of cyclic esters (lactones) is 1. The van der Waals surface area contributed by atoms with Gasteiger partial charge in [0.15, 0.2) is 5.96 Å². The fraction of sp³-hybridized carbons (Fsp3) is 0.468. The molecule has 0 aliphatic carbocycles. The molecule has 2 amide bonds. The van der Waals surface area contributed by atoms with Crippen LogP contribution in [0, 0.1) is 11.8 Å². The molecule has 0 saturated carbocycles. The predicted octanol–water partition coefficient (Wildman–Crippen LogP) is 5.38. The van der Waals surface area contributed by atoms with Crippen LogP contribution in [-0.2, 0) is 43.2 Å². The second kappa shape index (κ2) is 24.4. The van der Waals surface area contributed by atoms with Crippen molar-refractivity contribution in [3.05, 3.63) is 102 Å². The molecule has 9 N–H and O–H groups in total. The van der Waals surface area contributed by atoms with Crippen molar-refractivity contribution in [1.82, 2.24) is 20.9 Å². The third-order valence-electron chi connectivity index (χ3n) is 11.2. The van der Waals surface area contributed by atoms with Crippen molar-refractivity contribution in [2.45, 2.75) is 102 Å². The molecule has 0 bridgehead atoms. The highest BCUT2D eigenvalue weighted by Crippen LogP contribution is 2.23. The number of hydrogen-bond donors (Lipinski definition) is 7. The quantitative estimate of drug-likeness (QED) is 0.0473. The number of H-pyrrole nitrogens is 1. The van der Waals surface area contributed by atoms with Gasteiger partial charge in [0.1, 0.15) is 11.5 Å². The van der Waals surface area contributed by atoms with Crippen molar-refractivity contribution in [2.24, 2.45) is 28.3 Å². The number of phenols is 1. The number of carbonyl (C=O) groups is 4. The number of esters is 1. The van der Waals surface area contributed by atoms with Gasteiger partial charge in [-0.05, 0) is 79.8 Å². The third-order valence-corrected chi connectivity index (χ3v) is 11.2. The number of phenolic OH excluding ortho intramolecular Hbond substituents is 1. The molecule has 1 aliphatic rings. The first-order valence-electron chi connectivity index (χ1n) is 21.5. The molecule has 1 aliphatic heterocycles. The number of rotatable bonds is 10. The van der Waals surface area contributed by atoms with Gasteiger partial charge in [0, 0.05) is 61.0 Å². The van der Waals surface area contributed by atoms with E-state index in [-0.39, 0.29) is 73.2 Å². The van der Waals surface area contributed by atoms with Gasteiger partial charge < -0.3 is 42.2 Å². The number of hydrogen-bond acceptors (Lipinski definition) is 8. The van der Waals surface area contributed by atoms with Crippen molar-refractivity contribution in [2.75, 3.05) is 26.2 Å². The molecule has 1 saturated heterocycles. The van der Waals surface area contributed by atoms with E-state index in [9.17, 15) is 24.3 Å². The molecule has 322 valence electrons. The van der Waals surface area contributed by atoms with E-state index in [1.807, 2.05) is 72.9 Å². The lowest BCUT2D eigenvalue weighted by molar-refractivity contribution is -0.148. The van der Waals surface area contributed by atoms with Gasteiger partial charge in [0.25, 0.3) is 0 Å². The number of Topliss-reactive ketones (excluding diaryl/α,β-unsaturated/α-hetero) is 1. The Bertz CT molecular complexity index is 1980. The molecule has 4 unspecified atom stereocenters. The Labute approximate surface area is 353 Å². The predicted molar refractivity (Wildman–Crippen MR) is 235 cm³/mol. The van der Waals surface area contributed by atoms with Crippen LogP contribution in [0.5, 0.6) is 5.75 Å². The summed E-state index contributed by atoms with van der Waals surface area (Å²) in [5, 5.41) is 20.3. The Hall–Kier alpha value is -5.69. The van der Waals surface area contributed by atoms with E-state index in [1.165, 1.54) is 0 Å². The van der Waals surface area contributed by atoms with Gasteiger partial charge in [-0.25, -0.2) is 0 Å². The zero-order valence-electron chi connectivity index (χ0n) is 34.7. The van der Waals surface area contributed by atoms with E-state index < -0.39 is 12.0 Å². The minimum absolute atomic E-state index is 0.0172. The van der Waals surface area contributed by atoms with Crippen LogP contribution < -0.4 is 27.4 Å². The highest BCUT2D eigenvalue weighted by Gasteiger charge is 2.26. The molecular weight excluding hydrogens is 759 g/mol. The molecule has 5 rings (SSSR count). The summed E-state index contributed by atoms with van der Waals surface area (Å²) in [6.07, 6.45) is 10.6. The number of nitrogens with one attached hydrogen (secondary N) is 4. The monoisotopic (exact) mass is 821 g/mol. The van der Waals surface area contributed by atoms with Gasteiger partial charge in [-0.3, -0.25) is 24.2 Å². The molecule has 0 spiro atoms. The van der Waals surface area contributed by atoms with Crippen molar-refractivity contribution in [3.8, 4) is 5.75 Å². The smallest absolute Gasteiger partial charge is 0.311 e. The van der Waals surface area contributed by atoms with Gasteiger partial charge >= 0.3 is 5.97 Å². The van der Waals surface area contributed by atoms with Crippen LogP contribution in [0.4, 0.5) is 0 Å². The molecule has 0 radical (unpaired) electrons. The summed E-state index contributed by atoms with van der Waals surface area (Å²) in [5.74, 6) is -1.55. The molecule has 4 atom stereocenters. The topological polar surface area (TPSA) is 214 Å². The van der Waals surface area contributed by atoms with Gasteiger partial charge in [0.05, 0.1) is 19.1 Å². The maximum absolute atomic E-state index is 13.9. The maximum atomic E-state index is 13.9. The largest absolute Gasteiger partial charge is 0.508 e. The average molecular weight is 822 g/mol.